The zero-order valence-corrected chi connectivity index (χ0v) is 9.46. The van der Waals surface area contributed by atoms with Crippen molar-refractivity contribution in [3.05, 3.63) is 23.5 Å². The molecule has 0 saturated heterocycles. The van der Waals surface area contributed by atoms with Gasteiger partial charge in [0.15, 0.2) is 5.78 Å². The van der Waals surface area contributed by atoms with Crippen molar-refractivity contribution >= 4 is 5.78 Å². The largest absolute Gasteiger partial charge is 0.353 e. The topological polar surface area (TPSA) is 22.0 Å². The highest BCUT2D eigenvalue weighted by Gasteiger charge is 2.18. The van der Waals surface area contributed by atoms with Crippen LogP contribution in [0.4, 0.5) is 0 Å². The fraction of sp³-hybridized carbons (Fsp3) is 0.615. The minimum Gasteiger partial charge on any atom is -0.353 e. The summed E-state index contributed by atoms with van der Waals surface area (Å²) in [7, 11) is 0. The molecule has 2 nitrogen and oxygen atoms in total. The zero-order valence-electron chi connectivity index (χ0n) is 9.46. The van der Waals surface area contributed by atoms with Gasteiger partial charge in [0.2, 0.25) is 0 Å². The number of hydrogen-bond donors (Lipinski definition) is 0. The Morgan fingerprint density at radius 3 is 2.87 bits per heavy atom. The first-order valence-electron chi connectivity index (χ1n) is 6.03. The standard InChI is InChI=1S/C13H19NO/c1-2-3-4-8-14-9-11-6-5-7-13(15)12(11)10-14/h9-10H,2-8H2,1H3. The molecule has 2 heteroatoms. The zero-order chi connectivity index (χ0) is 10.7. The first-order chi connectivity index (χ1) is 7.31. The van der Waals surface area contributed by atoms with Crippen LogP contribution in [0.5, 0.6) is 0 Å². The molecule has 0 spiro atoms. The number of carbonyl (C=O) groups excluding carboxylic acids is 1. The van der Waals surface area contributed by atoms with Crippen LogP contribution in [0.2, 0.25) is 0 Å². The van der Waals surface area contributed by atoms with Crippen molar-refractivity contribution < 1.29 is 4.79 Å². The lowest BCUT2D eigenvalue weighted by Crippen LogP contribution is -2.07. The third kappa shape index (κ3) is 2.31. The molecule has 0 unspecified atom stereocenters. The third-order valence-electron chi connectivity index (χ3n) is 3.13. The van der Waals surface area contributed by atoms with Gasteiger partial charge >= 0.3 is 0 Å². The number of aromatic nitrogens is 1. The number of Topliss-reactive ketones (excluding diaryl/α,β-unsaturated/α-hetero) is 1. The van der Waals surface area contributed by atoms with Gasteiger partial charge in [-0.1, -0.05) is 19.8 Å². The molecule has 1 heterocycles. The summed E-state index contributed by atoms with van der Waals surface area (Å²) in [4.78, 5) is 11.6. The van der Waals surface area contributed by atoms with Gasteiger partial charge in [0.1, 0.15) is 0 Å². The van der Waals surface area contributed by atoms with Gasteiger partial charge in [-0.3, -0.25) is 4.79 Å². The summed E-state index contributed by atoms with van der Waals surface area (Å²) in [5.41, 5.74) is 2.25. The van der Waals surface area contributed by atoms with Crippen molar-refractivity contribution in [3.8, 4) is 0 Å². The molecule has 0 amide bonds. The van der Waals surface area contributed by atoms with Crippen molar-refractivity contribution in [1.29, 1.82) is 0 Å². The summed E-state index contributed by atoms with van der Waals surface area (Å²) in [6, 6.07) is 0. The normalized spacial score (nSPS) is 15.4. The molecular formula is C13H19NO. The van der Waals surface area contributed by atoms with Crippen molar-refractivity contribution in [2.24, 2.45) is 0 Å². The van der Waals surface area contributed by atoms with Crippen LogP contribution in [0.3, 0.4) is 0 Å². The summed E-state index contributed by atoms with van der Waals surface area (Å²) >= 11 is 0. The molecule has 0 radical (unpaired) electrons. The van der Waals surface area contributed by atoms with Crippen LogP contribution in [0.15, 0.2) is 12.4 Å². The van der Waals surface area contributed by atoms with Gasteiger partial charge in [-0.15, -0.1) is 0 Å². The molecule has 0 atom stereocenters. The molecule has 1 aliphatic rings. The number of nitrogens with zero attached hydrogens (tertiary/aromatic N) is 1. The van der Waals surface area contributed by atoms with Gasteiger partial charge in [-0.25, -0.2) is 0 Å². The smallest absolute Gasteiger partial charge is 0.164 e. The number of aryl methyl sites for hydroxylation is 2. The van der Waals surface area contributed by atoms with Crippen LogP contribution in [0.25, 0.3) is 0 Å². The predicted molar refractivity (Wildman–Crippen MR) is 61.2 cm³/mol. The maximum absolute atomic E-state index is 11.6. The van der Waals surface area contributed by atoms with Gasteiger partial charge < -0.3 is 4.57 Å². The second-order valence-corrected chi connectivity index (χ2v) is 4.42. The Hall–Kier alpha value is -1.05. The number of ketones is 1. The summed E-state index contributed by atoms with van der Waals surface area (Å²) < 4.78 is 2.20. The van der Waals surface area contributed by atoms with E-state index < -0.39 is 0 Å². The minimum atomic E-state index is 0.338. The van der Waals surface area contributed by atoms with E-state index in [2.05, 4.69) is 17.7 Å². The Bertz CT molecular complexity index is 351. The summed E-state index contributed by atoms with van der Waals surface area (Å²) in [5, 5.41) is 0. The lowest BCUT2D eigenvalue weighted by atomic mass is 9.95. The van der Waals surface area contributed by atoms with Gasteiger partial charge in [-0.05, 0) is 24.8 Å². The fourth-order valence-electron chi connectivity index (χ4n) is 2.25. The molecule has 82 valence electrons. The highest BCUT2D eigenvalue weighted by atomic mass is 16.1. The van der Waals surface area contributed by atoms with Gasteiger partial charge in [0.25, 0.3) is 0 Å². The molecule has 0 fully saturated rings. The van der Waals surface area contributed by atoms with Crippen molar-refractivity contribution in [2.75, 3.05) is 0 Å². The monoisotopic (exact) mass is 205 g/mol. The number of rotatable bonds is 4. The van der Waals surface area contributed by atoms with Crippen molar-refractivity contribution in [3.63, 3.8) is 0 Å². The predicted octanol–water partition coefficient (Wildman–Crippen LogP) is 3.20. The van der Waals surface area contributed by atoms with E-state index in [9.17, 15) is 4.79 Å². The van der Waals surface area contributed by atoms with Gasteiger partial charge in [-0.2, -0.15) is 0 Å². The van der Waals surface area contributed by atoms with Crippen molar-refractivity contribution in [1.82, 2.24) is 4.57 Å². The summed E-state index contributed by atoms with van der Waals surface area (Å²) in [6.07, 6.45) is 10.8. The number of unbranched alkanes of at least 4 members (excludes halogenated alkanes) is 2. The van der Waals surface area contributed by atoms with E-state index in [-0.39, 0.29) is 0 Å². The van der Waals surface area contributed by atoms with Crippen LogP contribution in [-0.2, 0) is 13.0 Å². The van der Waals surface area contributed by atoms with E-state index in [1.807, 2.05) is 6.20 Å². The second kappa shape index (κ2) is 4.65. The molecule has 2 rings (SSSR count). The highest BCUT2D eigenvalue weighted by molar-refractivity contribution is 5.98. The van der Waals surface area contributed by atoms with E-state index in [0.29, 0.717) is 5.78 Å². The van der Waals surface area contributed by atoms with E-state index in [4.69, 9.17) is 0 Å². The molecular weight excluding hydrogens is 186 g/mol. The molecule has 1 aromatic rings. The fourth-order valence-corrected chi connectivity index (χ4v) is 2.25. The molecule has 0 aliphatic heterocycles. The average Bonchev–Trinajstić information content (AvgIpc) is 2.63. The van der Waals surface area contributed by atoms with Crippen LogP contribution in [0, 0.1) is 0 Å². The second-order valence-electron chi connectivity index (χ2n) is 4.42. The number of fused-ring (bicyclic) bond motifs is 1. The van der Waals surface area contributed by atoms with Crippen LogP contribution in [-0.4, -0.2) is 10.4 Å². The number of carbonyl (C=O) groups is 1. The molecule has 0 saturated carbocycles. The quantitative estimate of drug-likeness (QED) is 0.692. The first-order valence-corrected chi connectivity index (χ1v) is 6.03. The average molecular weight is 205 g/mol. The number of hydrogen-bond acceptors (Lipinski definition) is 1. The lowest BCUT2D eigenvalue weighted by molar-refractivity contribution is 0.0973. The first kappa shape index (κ1) is 10.5. The summed E-state index contributed by atoms with van der Waals surface area (Å²) in [6.45, 7) is 3.28. The van der Waals surface area contributed by atoms with Crippen LogP contribution < -0.4 is 0 Å². The van der Waals surface area contributed by atoms with Crippen LogP contribution >= 0.6 is 0 Å². The molecule has 1 aliphatic carbocycles. The maximum Gasteiger partial charge on any atom is 0.164 e. The highest BCUT2D eigenvalue weighted by Crippen LogP contribution is 2.22. The van der Waals surface area contributed by atoms with E-state index in [1.165, 1.54) is 24.8 Å². The van der Waals surface area contributed by atoms with Crippen molar-refractivity contribution in [2.45, 2.75) is 52.0 Å². The van der Waals surface area contributed by atoms with E-state index in [0.717, 1.165) is 31.4 Å². The Morgan fingerprint density at radius 2 is 2.13 bits per heavy atom. The Kier molecular flexibility index (Phi) is 3.24. The molecule has 0 N–H and O–H groups in total. The molecule has 15 heavy (non-hydrogen) atoms. The van der Waals surface area contributed by atoms with E-state index in [1.54, 1.807) is 0 Å². The molecule has 0 bridgehead atoms. The van der Waals surface area contributed by atoms with Crippen LogP contribution in [0.1, 0.15) is 54.9 Å². The lowest BCUT2D eigenvalue weighted by Gasteiger charge is -2.07. The molecule has 0 aromatic carbocycles. The van der Waals surface area contributed by atoms with E-state index >= 15 is 0 Å². The Labute approximate surface area is 91.3 Å². The Balaban J connectivity index is 2.05. The minimum absolute atomic E-state index is 0.338. The molecule has 1 aromatic heterocycles. The summed E-state index contributed by atoms with van der Waals surface area (Å²) in [5.74, 6) is 0.338. The Morgan fingerprint density at radius 1 is 1.27 bits per heavy atom. The van der Waals surface area contributed by atoms with Gasteiger partial charge in [0, 0.05) is 30.9 Å². The third-order valence-corrected chi connectivity index (χ3v) is 3.13. The maximum atomic E-state index is 11.6. The SMILES string of the molecule is CCCCCn1cc2c(c1)C(=O)CCC2. The van der Waals surface area contributed by atoms with Gasteiger partial charge in [0.05, 0.1) is 0 Å².